The number of hydrogen-bond donors (Lipinski definition) is 2. The molecule has 1 amide bonds. The molecule has 1 aliphatic rings. The standard InChI is InChI=1S/C15H19ClN4OS.ClH/c1-20-9-10(6-19-20)12-7-17-8-13(12)15(21)18-5-4-11-2-3-14(16)22-11;/h2-3,6,9,12-13,17H,4-5,7-8H2,1H3,(H,18,21);1H/t12-,13+;/m1./s1. The second-order valence-corrected chi connectivity index (χ2v) is 7.37. The normalized spacial score (nSPS) is 20.3. The lowest BCUT2D eigenvalue weighted by Crippen LogP contribution is -2.35. The van der Waals surface area contributed by atoms with Crippen LogP contribution in [0.4, 0.5) is 0 Å². The zero-order chi connectivity index (χ0) is 15.5. The average Bonchev–Trinajstić information content (AvgIpc) is 3.19. The van der Waals surface area contributed by atoms with Crippen molar-refractivity contribution >= 4 is 41.3 Å². The summed E-state index contributed by atoms with van der Waals surface area (Å²) in [5, 5.41) is 10.6. The van der Waals surface area contributed by atoms with E-state index in [0.29, 0.717) is 6.54 Å². The molecule has 0 unspecified atom stereocenters. The third-order valence-electron chi connectivity index (χ3n) is 4.00. The first-order valence-electron chi connectivity index (χ1n) is 7.34. The molecule has 3 heterocycles. The summed E-state index contributed by atoms with van der Waals surface area (Å²) in [6.07, 6.45) is 4.66. The van der Waals surface area contributed by atoms with E-state index >= 15 is 0 Å². The van der Waals surface area contributed by atoms with E-state index in [1.165, 1.54) is 4.88 Å². The highest BCUT2D eigenvalue weighted by Crippen LogP contribution is 2.28. The van der Waals surface area contributed by atoms with Gasteiger partial charge in [0.2, 0.25) is 5.91 Å². The second kappa shape index (κ2) is 8.15. The Labute approximate surface area is 150 Å². The fourth-order valence-corrected chi connectivity index (χ4v) is 3.95. The smallest absolute Gasteiger partial charge is 0.225 e. The number of amides is 1. The zero-order valence-corrected chi connectivity index (χ0v) is 15.2. The first-order chi connectivity index (χ1) is 10.6. The van der Waals surface area contributed by atoms with Crippen LogP contribution in [0.5, 0.6) is 0 Å². The maximum atomic E-state index is 12.4. The summed E-state index contributed by atoms with van der Waals surface area (Å²) in [7, 11) is 1.90. The van der Waals surface area contributed by atoms with Gasteiger partial charge in [-0.05, 0) is 24.1 Å². The average molecular weight is 375 g/mol. The molecule has 5 nitrogen and oxygen atoms in total. The van der Waals surface area contributed by atoms with Gasteiger partial charge < -0.3 is 10.6 Å². The Kier molecular flexibility index (Phi) is 6.47. The van der Waals surface area contributed by atoms with Crippen LogP contribution in [0.3, 0.4) is 0 Å². The van der Waals surface area contributed by atoms with Crippen molar-refractivity contribution in [3.05, 3.63) is 39.3 Å². The summed E-state index contributed by atoms with van der Waals surface area (Å²) < 4.78 is 2.57. The number of aromatic nitrogens is 2. The van der Waals surface area contributed by atoms with Gasteiger partial charge in [0, 0.05) is 43.7 Å². The van der Waals surface area contributed by atoms with Crippen molar-refractivity contribution in [2.45, 2.75) is 12.3 Å². The number of carbonyl (C=O) groups excluding carboxylic acids is 1. The van der Waals surface area contributed by atoms with Crippen LogP contribution in [0, 0.1) is 5.92 Å². The van der Waals surface area contributed by atoms with E-state index in [1.54, 1.807) is 16.0 Å². The van der Waals surface area contributed by atoms with Gasteiger partial charge in [0.15, 0.2) is 0 Å². The lowest BCUT2D eigenvalue weighted by Gasteiger charge is -2.16. The molecule has 0 bridgehead atoms. The Morgan fingerprint density at radius 3 is 3.00 bits per heavy atom. The molecule has 1 fully saturated rings. The van der Waals surface area contributed by atoms with Gasteiger partial charge in [0.25, 0.3) is 0 Å². The van der Waals surface area contributed by atoms with Crippen LogP contribution in [0.25, 0.3) is 0 Å². The monoisotopic (exact) mass is 374 g/mol. The minimum Gasteiger partial charge on any atom is -0.355 e. The first kappa shape index (κ1) is 18.3. The van der Waals surface area contributed by atoms with Crippen molar-refractivity contribution in [2.75, 3.05) is 19.6 Å². The van der Waals surface area contributed by atoms with Crippen LogP contribution in [-0.2, 0) is 18.3 Å². The summed E-state index contributed by atoms with van der Waals surface area (Å²) in [6.45, 7) is 2.19. The number of nitrogens with zero attached hydrogens (tertiary/aromatic N) is 2. The van der Waals surface area contributed by atoms with E-state index in [4.69, 9.17) is 11.6 Å². The van der Waals surface area contributed by atoms with E-state index in [-0.39, 0.29) is 30.2 Å². The van der Waals surface area contributed by atoms with Crippen LogP contribution in [0.1, 0.15) is 16.4 Å². The summed E-state index contributed by atoms with van der Waals surface area (Å²) in [6, 6.07) is 3.90. The summed E-state index contributed by atoms with van der Waals surface area (Å²) in [5.41, 5.74) is 1.12. The Hall–Kier alpha value is -1.08. The molecule has 2 aromatic rings. The minimum atomic E-state index is -0.0314. The topological polar surface area (TPSA) is 59.0 Å². The molecule has 0 spiro atoms. The van der Waals surface area contributed by atoms with Crippen molar-refractivity contribution in [1.82, 2.24) is 20.4 Å². The molecule has 3 rings (SSSR count). The Balaban J connectivity index is 0.00000192. The highest BCUT2D eigenvalue weighted by molar-refractivity contribution is 7.16. The van der Waals surface area contributed by atoms with Gasteiger partial charge in [-0.3, -0.25) is 9.48 Å². The lowest BCUT2D eigenvalue weighted by molar-refractivity contribution is -0.124. The van der Waals surface area contributed by atoms with Crippen LogP contribution in [-0.4, -0.2) is 35.3 Å². The van der Waals surface area contributed by atoms with Crippen LogP contribution < -0.4 is 10.6 Å². The number of carbonyl (C=O) groups is 1. The molecular weight excluding hydrogens is 355 g/mol. The first-order valence-corrected chi connectivity index (χ1v) is 8.54. The van der Waals surface area contributed by atoms with Crippen molar-refractivity contribution in [1.29, 1.82) is 0 Å². The molecule has 0 radical (unpaired) electrons. The van der Waals surface area contributed by atoms with E-state index in [2.05, 4.69) is 15.7 Å². The molecule has 0 saturated carbocycles. The number of rotatable bonds is 5. The van der Waals surface area contributed by atoms with E-state index < -0.39 is 0 Å². The van der Waals surface area contributed by atoms with E-state index in [9.17, 15) is 4.79 Å². The Bertz CT molecular complexity index is 657. The summed E-state index contributed by atoms with van der Waals surface area (Å²) >= 11 is 7.47. The molecule has 0 aliphatic carbocycles. The lowest BCUT2D eigenvalue weighted by atomic mass is 9.90. The fourth-order valence-electron chi connectivity index (χ4n) is 2.86. The van der Waals surface area contributed by atoms with Gasteiger partial charge in [0.1, 0.15) is 0 Å². The zero-order valence-electron chi connectivity index (χ0n) is 12.8. The predicted molar refractivity (Wildman–Crippen MR) is 95.6 cm³/mol. The summed E-state index contributed by atoms with van der Waals surface area (Å²) in [5.74, 6) is 0.280. The SMILES string of the molecule is Cl.Cn1cc([C@H]2CNC[C@@H]2C(=O)NCCc2ccc(Cl)s2)cn1. The number of nitrogens with one attached hydrogen (secondary N) is 2. The highest BCUT2D eigenvalue weighted by Gasteiger charge is 2.34. The van der Waals surface area contributed by atoms with Crippen LogP contribution in [0.15, 0.2) is 24.5 Å². The van der Waals surface area contributed by atoms with Crippen molar-refractivity contribution in [2.24, 2.45) is 13.0 Å². The van der Waals surface area contributed by atoms with Crippen molar-refractivity contribution in [3.8, 4) is 0 Å². The molecular formula is C15H20Cl2N4OS. The molecule has 1 saturated heterocycles. The van der Waals surface area contributed by atoms with E-state index in [1.807, 2.05) is 31.6 Å². The minimum absolute atomic E-state index is 0. The molecule has 2 atom stereocenters. The maximum absolute atomic E-state index is 12.4. The Morgan fingerprint density at radius 2 is 2.35 bits per heavy atom. The molecule has 0 aromatic carbocycles. The molecule has 126 valence electrons. The van der Waals surface area contributed by atoms with Gasteiger partial charge in [0.05, 0.1) is 16.5 Å². The van der Waals surface area contributed by atoms with Crippen LogP contribution >= 0.6 is 35.3 Å². The maximum Gasteiger partial charge on any atom is 0.225 e. The number of halogens is 2. The quantitative estimate of drug-likeness (QED) is 0.843. The number of aryl methyl sites for hydroxylation is 1. The predicted octanol–water partition coefficient (Wildman–Crippen LogP) is 2.22. The third kappa shape index (κ3) is 4.47. The van der Waals surface area contributed by atoms with Crippen molar-refractivity contribution in [3.63, 3.8) is 0 Å². The molecule has 2 N–H and O–H groups in total. The van der Waals surface area contributed by atoms with E-state index in [0.717, 1.165) is 29.4 Å². The molecule has 8 heteroatoms. The van der Waals surface area contributed by atoms with Gasteiger partial charge in [-0.1, -0.05) is 11.6 Å². The second-order valence-electron chi connectivity index (χ2n) is 5.57. The molecule has 1 aliphatic heterocycles. The summed E-state index contributed by atoms with van der Waals surface area (Å²) in [4.78, 5) is 13.6. The van der Waals surface area contributed by atoms with Crippen molar-refractivity contribution < 1.29 is 4.79 Å². The molecule has 23 heavy (non-hydrogen) atoms. The molecule has 2 aromatic heterocycles. The van der Waals surface area contributed by atoms with Gasteiger partial charge >= 0.3 is 0 Å². The number of thiophene rings is 1. The van der Waals surface area contributed by atoms with Gasteiger partial charge in [-0.2, -0.15) is 5.10 Å². The number of hydrogen-bond acceptors (Lipinski definition) is 4. The largest absolute Gasteiger partial charge is 0.355 e. The third-order valence-corrected chi connectivity index (χ3v) is 5.29. The fraction of sp³-hybridized carbons (Fsp3) is 0.467. The van der Waals surface area contributed by atoms with Crippen LogP contribution in [0.2, 0.25) is 4.34 Å². The Morgan fingerprint density at radius 1 is 1.52 bits per heavy atom. The highest BCUT2D eigenvalue weighted by atomic mass is 35.5. The van der Waals surface area contributed by atoms with Gasteiger partial charge in [-0.25, -0.2) is 0 Å². The van der Waals surface area contributed by atoms with Gasteiger partial charge in [-0.15, -0.1) is 23.7 Å².